The molecular weight excluding hydrogens is 262 g/mol. The van der Waals surface area contributed by atoms with Gasteiger partial charge in [0.25, 0.3) is 0 Å². The van der Waals surface area contributed by atoms with Gasteiger partial charge in [-0.15, -0.1) is 0 Å². The van der Waals surface area contributed by atoms with E-state index in [2.05, 4.69) is 30.0 Å². The van der Waals surface area contributed by atoms with E-state index < -0.39 is 0 Å². The van der Waals surface area contributed by atoms with E-state index in [1.54, 1.807) is 7.11 Å². The molecule has 3 rings (SSSR count). The second-order valence-electron chi connectivity index (χ2n) is 4.97. The van der Waals surface area contributed by atoms with Crippen LogP contribution < -0.4 is 4.74 Å². The first kappa shape index (κ1) is 13.6. The van der Waals surface area contributed by atoms with Gasteiger partial charge in [-0.1, -0.05) is 13.8 Å². The minimum Gasteiger partial charge on any atom is -0.497 e. The molecule has 0 fully saturated rings. The second kappa shape index (κ2) is 5.56. The Balaban J connectivity index is 2.22. The average Bonchev–Trinajstić information content (AvgIpc) is 2.97. The largest absolute Gasteiger partial charge is 0.497 e. The number of hydrogen-bond acceptors (Lipinski definition) is 3. The zero-order valence-corrected chi connectivity index (χ0v) is 12.6. The molecule has 0 spiro atoms. The topological polar surface area (TPSA) is 39.9 Å². The lowest BCUT2D eigenvalue weighted by Gasteiger charge is -2.09. The van der Waals surface area contributed by atoms with E-state index in [1.807, 2.05) is 35.1 Å². The molecule has 2 heterocycles. The second-order valence-corrected chi connectivity index (χ2v) is 4.97. The van der Waals surface area contributed by atoms with Crippen LogP contribution in [0.2, 0.25) is 0 Å². The normalized spacial score (nSPS) is 11.0. The van der Waals surface area contributed by atoms with E-state index in [-0.39, 0.29) is 0 Å². The molecule has 0 bridgehead atoms. The quantitative estimate of drug-likeness (QED) is 0.734. The van der Waals surface area contributed by atoms with Crippen molar-refractivity contribution in [2.75, 3.05) is 7.11 Å². The summed E-state index contributed by atoms with van der Waals surface area (Å²) in [6.45, 7) is 4.26. The molecular formula is C17H19N3O. The van der Waals surface area contributed by atoms with Crippen molar-refractivity contribution in [2.24, 2.45) is 0 Å². The highest BCUT2D eigenvalue weighted by molar-refractivity contribution is 5.89. The smallest absolute Gasteiger partial charge is 0.161 e. The monoisotopic (exact) mass is 281 g/mol. The van der Waals surface area contributed by atoms with E-state index in [4.69, 9.17) is 4.74 Å². The van der Waals surface area contributed by atoms with Gasteiger partial charge in [-0.05, 0) is 48.6 Å². The number of pyridine rings is 1. The van der Waals surface area contributed by atoms with Crippen molar-refractivity contribution in [3.05, 3.63) is 47.9 Å². The van der Waals surface area contributed by atoms with Crippen molar-refractivity contribution in [2.45, 2.75) is 26.7 Å². The van der Waals surface area contributed by atoms with Crippen LogP contribution in [0.1, 0.15) is 25.2 Å². The highest BCUT2D eigenvalue weighted by atomic mass is 16.5. The number of nitrogens with zero attached hydrogens (tertiary/aromatic N) is 3. The average molecular weight is 281 g/mol. The molecule has 0 N–H and O–H groups in total. The van der Waals surface area contributed by atoms with Crippen LogP contribution in [0.5, 0.6) is 5.75 Å². The van der Waals surface area contributed by atoms with Gasteiger partial charge in [0.2, 0.25) is 0 Å². The van der Waals surface area contributed by atoms with Gasteiger partial charge in [0.15, 0.2) is 5.82 Å². The summed E-state index contributed by atoms with van der Waals surface area (Å²) in [5.74, 6) is 1.73. The summed E-state index contributed by atoms with van der Waals surface area (Å²) in [4.78, 5) is 4.55. The van der Waals surface area contributed by atoms with Crippen molar-refractivity contribution >= 4 is 10.8 Å². The first-order valence-electron chi connectivity index (χ1n) is 7.27. The van der Waals surface area contributed by atoms with Crippen LogP contribution in [0.3, 0.4) is 0 Å². The molecule has 0 atom stereocenters. The number of rotatable bonds is 4. The molecule has 4 heteroatoms. The predicted octanol–water partition coefficient (Wildman–Crippen LogP) is 3.55. The Morgan fingerprint density at radius 1 is 1.10 bits per heavy atom. The first-order valence-corrected chi connectivity index (χ1v) is 7.27. The van der Waals surface area contributed by atoms with Crippen LogP contribution >= 0.6 is 0 Å². The summed E-state index contributed by atoms with van der Waals surface area (Å²) >= 11 is 0. The van der Waals surface area contributed by atoms with E-state index in [1.165, 1.54) is 5.69 Å². The number of methoxy groups -OCH3 is 1. The maximum Gasteiger partial charge on any atom is 0.161 e. The number of ether oxygens (including phenoxy) is 1. The number of benzene rings is 1. The molecule has 108 valence electrons. The Kier molecular flexibility index (Phi) is 3.60. The van der Waals surface area contributed by atoms with Crippen molar-refractivity contribution in [1.82, 2.24) is 14.8 Å². The summed E-state index contributed by atoms with van der Waals surface area (Å²) in [5.41, 5.74) is 2.28. The number of hydrogen-bond donors (Lipinski definition) is 0. The zero-order valence-electron chi connectivity index (χ0n) is 12.6. The van der Waals surface area contributed by atoms with Crippen LogP contribution in [0, 0.1) is 0 Å². The maximum atomic E-state index is 5.29. The third-order valence-electron chi connectivity index (χ3n) is 3.71. The van der Waals surface area contributed by atoms with Crippen molar-refractivity contribution in [3.63, 3.8) is 0 Å². The fourth-order valence-electron chi connectivity index (χ4n) is 2.52. The van der Waals surface area contributed by atoms with E-state index in [0.717, 1.165) is 40.9 Å². The Bertz CT molecular complexity index is 777. The first-order chi connectivity index (χ1) is 10.3. The highest BCUT2D eigenvalue weighted by Gasteiger charge is 2.11. The highest BCUT2D eigenvalue weighted by Crippen LogP contribution is 2.25. The SMILES string of the molecule is CCc1cc(CC)n(-c2nccc3cc(OC)ccc23)n1. The van der Waals surface area contributed by atoms with Gasteiger partial charge in [-0.3, -0.25) is 0 Å². The van der Waals surface area contributed by atoms with Crippen LogP contribution in [-0.4, -0.2) is 21.9 Å². The van der Waals surface area contributed by atoms with E-state index in [0.29, 0.717) is 0 Å². The lowest BCUT2D eigenvalue weighted by molar-refractivity contribution is 0.415. The molecule has 0 saturated carbocycles. The van der Waals surface area contributed by atoms with E-state index in [9.17, 15) is 0 Å². The summed E-state index contributed by atoms with van der Waals surface area (Å²) in [5, 5.41) is 6.87. The molecule has 1 aromatic carbocycles. The van der Waals surface area contributed by atoms with Gasteiger partial charge in [0.1, 0.15) is 5.75 Å². The summed E-state index contributed by atoms with van der Waals surface area (Å²) in [7, 11) is 1.68. The molecule has 0 amide bonds. The van der Waals surface area contributed by atoms with Crippen LogP contribution in [-0.2, 0) is 12.8 Å². The van der Waals surface area contributed by atoms with Crippen LogP contribution in [0.25, 0.3) is 16.6 Å². The Morgan fingerprint density at radius 3 is 2.67 bits per heavy atom. The molecule has 4 nitrogen and oxygen atoms in total. The number of aromatic nitrogens is 3. The molecule has 3 aromatic rings. The van der Waals surface area contributed by atoms with Crippen molar-refractivity contribution < 1.29 is 4.74 Å². The Morgan fingerprint density at radius 2 is 1.95 bits per heavy atom. The zero-order chi connectivity index (χ0) is 14.8. The van der Waals surface area contributed by atoms with Gasteiger partial charge < -0.3 is 4.74 Å². The fourth-order valence-corrected chi connectivity index (χ4v) is 2.52. The van der Waals surface area contributed by atoms with Crippen LogP contribution in [0.4, 0.5) is 0 Å². The number of fused-ring (bicyclic) bond motifs is 1. The molecule has 0 radical (unpaired) electrons. The van der Waals surface area contributed by atoms with E-state index >= 15 is 0 Å². The molecule has 0 unspecified atom stereocenters. The molecule has 0 aliphatic rings. The molecule has 0 aliphatic carbocycles. The summed E-state index contributed by atoms with van der Waals surface area (Å²) < 4.78 is 7.26. The minimum absolute atomic E-state index is 0.852. The minimum atomic E-state index is 0.852. The lowest BCUT2D eigenvalue weighted by atomic mass is 10.1. The Labute approximate surface area is 124 Å². The van der Waals surface area contributed by atoms with Crippen molar-refractivity contribution in [1.29, 1.82) is 0 Å². The van der Waals surface area contributed by atoms with Gasteiger partial charge in [0, 0.05) is 17.3 Å². The van der Waals surface area contributed by atoms with Crippen molar-refractivity contribution in [3.8, 4) is 11.6 Å². The molecule has 2 aromatic heterocycles. The molecule has 0 aliphatic heterocycles. The third kappa shape index (κ3) is 2.37. The van der Waals surface area contributed by atoms with Gasteiger partial charge in [-0.25, -0.2) is 9.67 Å². The van der Waals surface area contributed by atoms with Gasteiger partial charge >= 0.3 is 0 Å². The molecule has 0 saturated heterocycles. The third-order valence-corrected chi connectivity index (χ3v) is 3.71. The maximum absolute atomic E-state index is 5.29. The predicted molar refractivity (Wildman–Crippen MR) is 84.2 cm³/mol. The molecule has 21 heavy (non-hydrogen) atoms. The lowest BCUT2D eigenvalue weighted by Crippen LogP contribution is -2.04. The van der Waals surface area contributed by atoms with Gasteiger partial charge in [-0.2, -0.15) is 5.10 Å². The Hall–Kier alpha value is -2.36. The summed E-state index contributed by atoms with van der Waals surface area (Å²) in [6, 6.07) is 10.2. The fraction of sp³-hybridized carbons (Fsp3) is 0.294. The standard InChI is InChI=1S/C17H19N3O/c1-4-13-11-14(5-2)20(19-13)17-16-7-6-15(21-3)10-12(16)8-9-18-17/h6-11H,4-5H2,1-3H3. The summed E-state index contributed by atoms with van der Waals surface area (Å²) in [6.07, 6.45) is 3.68. The number of aryl methyl sites for hydroxylation is 2. The van der Waals surface area contributed by atoms with Crippen LogP contribution in [0.15, 0.2) is 36.5 Å². The van der Waals surface area contributed by atoms with Gasteiger partial charge in [0.05, 0.1) is 12.8 Å².